The average Bonchev–Trinajstić information content (AvgIpc) is 2.28. The highest BCUT2D eigenvalue weighted by molar-refractivity contribution is 9.10. The van der Waals surface area contributed by atoms with Gasteiger partial charge in [0.15, 0.2) is 0 Å². The van der Waals surface area contributed by atoms with Gasteiger partial charge in [-0.05, 0) is 39.7 Å². The van der Waals surface area contributed by atoms with E-state index >= 15 is 0 Å². The molecule has 94 valence electrons. The van der Waals surface area contributed by atoms with Gasteiger partial charge in [-0.2, -0.15) is 0 Å². The molecule has 1 aromatic carbocycles. The molecular formula is C13H11BrCl2N2. The van der Waals surface area contributed by atoms with Crippen LogP contribution in [0.1, 0.15) is 5.56 Å². The first kappa shape index (κ1) is 13.7. The zero-order valence-electron chi connectivity index (χ0n) is 9.70. The van der Waals surface area contributed by atoms with Crippen molar-refractivity contribution in [3.8, 4) is 0 Å². The van der Waals surface area contributed by atoms with Crippen molar-refractivity contribution in [3.05, 3.63) is 56.6 Å². The number of halogens is 3. The van der Waals surface area contributed by atoms with Crippen LogP contribution < -0.4 is 4.90 Å². The van der Waals surface area contributed by atoms with Crippen molar-refractivity contribution < 1.29 is 0 Å². The summed E-state index contributed by atoms with van der Waals surface area (Å²) in [6, 6.07) is 9.58. The monoisotopic (exact) mass is 344 g/mol. The molecule has 0 spiro atoms. The summed E-state index contributed by atoms with van der Waals surface area (Å²) >= 11 is 15.5. The molecule has 0 amide bonds. The lowest BCUT2D eigenvalue weighted by molar-refractivity contribution is 0.897. The molecule has 2 nitrogen and oxygen atoms in total. The Balaban J connectivity index is 2.19. The Bertz CT molecular complexity index is 560. The molecule has 2 aromatic rings. The van der Waals surface area contributed by atoms with Gasteiger partial charge in [0.05, 0.1) is 5.02 Å². The summed E-state index contributed by atoms with van der Waals surface area (Å²) in [6.07, 6.45) is 1.73. The van der Waals surface area contributed by atoms with Crippen LogP contribution in [0.4, 0.5) is 5.82 Å². The fraction of sp³-hybridized carbons (Fsp3) is 0.154. The van der Waals surface area contributed by atoms with E-state index in [1.165, 1.54) is 0 Å². The Morgan fingerprint density at radius 1 is 1.28 bits per heavy atom. The number of anilines is 1. The molecule has 1 aromatic heterocycles. The molecule has 5 heteroatoms. The lowest BCUT2D eigenvalue weighted by Gasteiger charge is -2.19. The van der Waals surface area contributed by atoms with Gasteiger partial charge in [0, 0.05) is 29.3 Å². The van der Waals surface area contributed by atoms with Crippen LogP contribution in [0.5, 0.6) is 0 Å². The molecule has 0 unspecified atom stereocenters. The predicted octanol–water partition coefficient (Wildman–Crippen LogP) is 4.79. The standard InChI is InChI=1S/C13H11BrCl2N2/c1-18(8-9-3-2-4-11(15)5-9)13-12(16)6-10(14)7-17-13/h2-7H,8H2,1H3. The Labute approximate surface area is 125 Å². The third-order valence-electron chi connectivity index (χ3n) is 2.46. The van der Waals surface area contributed by atoms with Crippen LogP contribution in [0.15, 0.2) is 41.0 Å². The maximum Gasteiger partial charge on any atom is 0.147 e. The third-order valence-corrected chi connectivity index (χ3v) is 3.41. The van der Waals surface area contributed by atoms with Crippen molar-refractivity contribution in [3.63, 3.8) is 0 Å². The minimum absolute atomic E-state index is 0.619. The first-order valence-corrected chi connectivity index (χ1v) is 6.88. The molecule has 0 atom stereocenters. The predicted molar refractivity (Wildman–Crippen MR) is 80.5 cm³/mol. The molecule has 1 heterocycles. The first-order chi connectivity index (χ1) is 8.56. The van der Waals surface area contributed by atoms with Crippen LogP contribution in [0.2, 0.25) is 10.0 Å². The van der Waals surface area contributed by atoms with Crippen molar-refractivity contribution in [2.24, 2.45) is 0 Å². The number of rotatable bonds is 3. The van der Waals surface area contributed by atoms with Crippen LogP contribution in [0.25, 0.3) is 0 Å². The van der Waals surface area contributed by atoms with Crippen LogP contribution in [0.3, 0.4) is 0 Å². The van der Waals surface area contributed by atoms with E-state index < -0.39 is 0 Å². The smallest absolute Gasteiger partial charge is 0.147 e. The minimum Gasteiger partial charge on any atom is -0.354 e. The molecule has 18 heavy (non-hydrogen) atoms. The van der Waals surface area contributed by atoms with Gasteiger partial charge in [0.2, 0.25) is 0 Å². The van der Waals surface area contributed by atoms with Gasteiger partial charge in [-0.3, -0.25) is 0 Å². The summed E-state index contributed by atoms with van der Waals surface area (Å²) in [5.41, 5.74) is 1.12. The highest BCUT2D eigenvalue weighted by atomic mass is 79.9. The summed E-state index contributed by atoms with van der Waals surface area (Å²) < 4.78 is 0.868. The Morgan fingerprint density at radius 2 is 2.06 bits per heavy atom. The van der Waals surface area contributed by atoms with Gasteiger partial charge >= 0.3 is 0 Å². The summed E-state index contributed by atoms with van der Waals surface area (Å²) in [6.45, 7) is 0.703. The van der Waals surface area contributed by atoms with Crippen LogP contribution >= 0.6 is 39.1 Å². The van der Waals surface area contributed by atoms with Crippen molar-refractivity contribution in [1.29, 1.82) is 0 Å². The number of hydrogen-bond donors (Lipinski definition) is 0. The second kappa shape index (κ2) is 5.91. The average molecular weight is 346 g/mol. The highest BCUT2D eigenvalue weighted by Gasteiger charge is 2.09. The van der Waals surface area contributed by atoms with E-state index in [9.17, 15) is 0 Å². The highest BCUT2D eigenvalue weighted by Crippen LogP contribution is 2.26. The lowest BCUT2D eigenvalue weighted by Crippen LogP contribution is -2.18. The summed E-state index contributed by atoms with van der Waals surface area (Å²) in [7, 11) is 1.95. The molecule has 0 saturated carbocycles. The van der Waals surface area contributed by atoms with Gasteiger partial charge in [0.1, 0.15) is 5.82 Å². The Morgan fingerprint density at radius 3 is 2.72 bits per heavy atom. The van der Waals surface area contributed by atoms with Gasteiger partial charge in [-0.25, -0.2) is 4.98 Å². The number of nitrogens with zero attached hydrogens (tertiary/aromatic N) is 2. The quantitative estimate of drug-likeness (QED) is 0.795. The Kier molecular flexibility index (Phi) is 4.49. The van der Waals surface area contributed by atoms with Crippen LogP contribution in [0, 0.1) is 0 Å². The Hall–Kier alpha value is -0.770. The van der Waals surface area contributed by atoms with Gasteiger partial charge < -0.3 is 4.90 Å². The van der Waals surface area contributed by atoms with Gasteiger partial charge in [0.25, 0.3) is 0 Å². The van der Waals surface area contributed by atoms with Crippen molar-refractivity contribution in [2.45, 2.75) is 6.54 Å². The summed E-state index contributed by atoms with van der Waals surface area (Å²) in [4.78, 5) is 6.30. The van der Waals surface area contributed by atoms with Crippen LogP contribution in [-0.2, 0) is 6.54 Å². The van der Waals surface area contributed by atoms with E-state index in [1.54, 1.807) is 6.20 Å². The zero-order valence-corrected chi connectivity index (χ0v) is 12.8. The molecule has 0 saturated heterocycles. The van der Waals surface area contributed by atoms with E-state index in [0.717, 1.165) is 20.9 Å². The first-order valence-electron chi connectivity index (χ1n) is 5.33. The largest absolute Gasteiger partial charge is 0.354 e. The lowest BCUT2D eigenvalue weighted by atomic mass is 10.2. The fourth-order valence-corrected chi connectivity index (χ4v) is 2.66. The van der Waals surface area contributed by atoms with E-state index in [2.05, 4.69) is 20.9 Å². The normalized spacial score (nSPS) is 10.4. The molecular weight excluding hydrogens is 335 g/mol. The number of pyridine rings is 1. The zero-order chi connectivity index (χ0) is 13.1. The molecule has 0 radical (unpaired) electrons. The van der Waals surface area contributed by atoms with E-state index in [0.29, 0.717) is 11.6 Å². The van der Waals surface area contributed by atoms with E-state index in [1.807, 2.05) is 42.3 Å². The van der Waals surface area contributed by atoms with E-state index in [-0.39, 0.29) is 0 Å². The topological polar surface area (TPSA) is 16.1 Å². The van der Waals surface area contributed by atoms with Crippen molar-refractivity contribution in [2.75, 3.05) is 11.9 Å². The number of hydrogen-bond acceptors (Lipinski definition) is 2. The third kappa shape index (κ3) is 3.37. The SMILES string of the molecule is CN(Cc1cccc(Cl)c1)c1ncc(Br)cc1Cl. The summed E-state index contributed by atoms with van der Waals surface area (Å²) in [5.74, 6) is 0.750. The van der Waals surface area contributed by atoms with Crippen LogP contribution in [-0.4, -0.2) is 12.0 Å². The molecule has 0 N–H and O–H groups in total. The minimum atomic E-state index is 0.619. The molecule has 0 fully saturated rings. The fourth-order valence-electron chi connectivity index (χ4n) is 1.67. The maximum atomic E-state index is 6.16. The maximum absolute atomic E-state index is 6.16. The second-order valence-corrected chi connectivity index (χ2v) is 5.70. The number of benzene rings is 1. The van der Waals surface area contributed by atoms with Crippen molar-refractivity contribution >= 4 is 44.9 Å². The molecule has 2 rings (SSSR count). The molecule has 0 aliphatic carbocycles. The second-order valence-electron chi connectivity index (χ2n) is 3.94. The summed E-state index contributed by atoms with van der Waals surface area (Å²) in [5, 5.41) is 1.35. The van der Waals surface area contributed by atoms with Crippen molar-refractivity contribution in [1.82, 2.24) is 4.98 Å². The molecule has 0 bridgehead atoms. The van der Waals surface area contributed by atoms with E-state index in [4.69, 9.17) is 23.2 Å². The molecule has 0 aliphatic heterocycles. The number of aromatic nitrogens is 1. The van der Waals surface area contributed by atoms with Gasteiger partial charge in [-0.1, -0.05) is 35.3 Å². The van der Waals surface area contributed by atoms with Gasteiger partial charge in [-0.15, -0.1) is 0 Å². The molecule has 0 aliphatic rings.